The molecule has 0 saturated carbocycles. The molecule has 5 aromatic rings. The Morgan fingerprint density at radius 2 is 1.77 bits per heavy atom. The number of hydrogen-bond donors (Lipinski definition) is 0. The van der Waals surface area contributed by atoms with E-state index in [9.17, 15) is 4.79 Å². The standard InChI is InChI=1S/C36H28N2O5S/c1-40-30-17-22(11-15-28(30)41-20-23-12-16-29-31(18-23)43-21-42-29)19-32-35(39)38-34(25-8-3-2-4-9-25)27-14-13-24-7-5-6-10-26(24)33(27)37-36(38)44-32/h2-12,15-19,34H,13-14,20-21H2,1H3/b32-19+/t34-/m1/s1. The molecule has 0 saturated heterocycles. The fraction of sp³-hybridized carbons (Fsp3) is 0.167. The summed E-state index contributed by atoms with van der Waals surface area (Å²) < 4.78 is 25.1. The van der Waals surface area contributed by atoms with Crippen LogP contribution in [-0.4, -0.2) is 18.5 Å². The van der Waals surface area contributed by atoms with Crippen molar-refractivity contribution in [2.24, 2.45) is 4.99 Å². The van der Waals surface area contributed by atoms with Gasteiger partial charge in [0.05, 0.1) is 23.4 Å². The van der Waals surface area contributed by atoms with Crippen molar-refractivity contribution < 1.29 is 18.9 Å². The zero-order valence-corrected chi connectivity index (χ0v) is 24.8. The summed E-state index contributed by atoms with van der Waals surface area (Å²) in [6.45, 7) is 0.578. The molecule has 2 aliphatic heterocycles. The quantitative estimate of drug-likeness (QED) is 0.253. The number of aromatic nitrogens is 1. The van der Waals surface area contributed by atoms with Gasteiger partial charge in [0, 0.05) is 5.56 Å². The van der Waals surface area contributed by atoms with Crippen LogP contribution in [0, 0.1) is 0 Å². The number of fused-ring (bicyclic) bond motifs is 4. The Labute approximate surface area is 257 Å². The minimum Gasteiger partial charge on any atom is -0.493 e. The summed E-state index contributed by atoms with van der Waals surface area (Å²) in [4.78, 5) is 19.9. The number of rotatable bonds is 6. The second kappa shape index (κ2) is 10.9. The molecule has 0 radical (unpaired) electrons. The molecule has 3 aliphatic rings. The van der Waals surface area contributed by atoms with Crippen molar-refractivity contribution in [3.63, 3.8) is 0 Å². The lowest BCUT2D eigenvalue weighted by molar-refractivity contribution is 0.174. The van der Waals surface area contributed by atoms with Crippen LogP contribution < -0.4 is 33.8 Å². The molecule has 0 spiro atoms. The average Bonchev–Trinajstić information content (AvgIpc) is 3.66. The van der Waals surface area contributed by atoms with Crippen LogP contribution in [0.4, 0.5) is 0 Å². The molecule has 0 N–H and O–H groups in total. The monoisotopic (exact) mass is 600 g/mol. The van der Waals surface area contributed by atoms with Crippen LogP contribution in [0.15, 0.2) is 106 Å². The summed E-state index contributed by atoms with van der Waals surface area (Å²) in [6.07, 6.45) is 3.71. The van der Waals surface area contributed by atoms with Gasteiger partial charge in [-0.05, 0) is 71.0 Å². The average molecular weight is 601 g/mol. The molecule has 0 bridgehead atoms. The van der Waals surface area contributed by atoms with Crippen molar-refractivity contribution >= 4 is 23.1 Å². The van der Waals surface area contributed by atoms with Crippen molar-refractivity contribution in [1.29, 1.82) is 0 Å². The summed E-state index contributed by atoms with van der Waals surface area (Å²) >= 11 is 1.42. The molecule has 44 heavy (non-hydrogen) atoms. The lowest BCUT2D eigenvalue weighted by atomic mass is 9.83. The highest BCUT2D eigenvalue weighted by Gasteiger charge is 2.32. The molecule has 3 heterocycles. The maximum atomic E-state index is 14.1. The fourth-order valence-corrected chi connectivity index (χ4v) is 7.20. The normalized spacial score (nSPS) is 16.6. The van der Waals surface area contributed by atoms with Gasteiger partial charge in [-0.25, -0.2) is 4.99 Å². The van der Waals surface area contributed by atoms with Crippen molar-refractivity contribution in [2.45, 2.75) is 25.5 Å². The van der Waals surface area contributed by atoms with E-state index in [2.05, 4.69) is 36.4 Å². The van der Waals surface area contributed by atoms with Gasteiger partial charge in [0.1, 0.15) is 6.61 Å². The molecule has 0 amide bonds. The molecule has 1 aliphatic carbocycles. The van der Waals surface area contributed by atoms with Crippen LogP contribution in [-0.2, 0) is 13.0 Å². The van der Waals surface area contributed by atoms with Crippen LogP contribution in [0.3, 0.4) is 0 Å². The van der Waals surface area contributed by atoms with Crippen LogP contribution >= 0.6 is 11.3 Å². The van der Waals surface area contributed by atoms with Crippen LogP contribution in [0.2, 0.25) is 0 Å². The summed E-state index contributed by atoms with van der Waals surface area (Å²) in [5.41, 5.74) is 7.50. The SMILES string of the molecule is COc1cc(/C=c2/sc3n(c2=O)[C@H](c2ccccc2)C2=C(N=3)c3ccccc3CC2)ccc1OCc1ccc2c(c1)OCO2. The Morgan fingerprint density at radius 1 is 0.932 bits per heavy atom. The van der Waals surface area contributed by atoms with Crippen LogP contribution in [0.1, 0.15) is 40.3 Å². The van der Waals surface area contributed by atoms with E-state index < -0.39 is 0 Å². The number of benzene rings is 4. The first-order valence-corrected chi connectivity index (χ1v) is 15.4. The van der Waals surface area contributed by atoms with Gasteiger partial charge in [-0.1, -0.05) is 78.1 Å². The van der Waals surface area contributed by atoms with Gasteiger partial charge in [0.15, 0.2) is 27.8 Å². The van der Waals surface area contributed by atoms with Gasteiger partial charge in [0.2, 0.25) is 6.79 Å². The topological polar surface area (TPSA) is 71.3 Å². The molecule has 4 aromatic carbocycles. The van der Waals surface area contributed by atoms with E-state index >= 15 is 0 Å². The maximum absolute atomic E-state index is 14.1. The van der Waals surface area contributed by atoms with E-state index in [0.717, 1.165) is 52.3 Å². The van der Waals surface area contributed by atoms with E-state index in [1.54, 1.807) is 7.11 Å². The second-order valence-electron chi connectivity index (χ2n) is 10.9. The minimum atomic E-state index is -0.195. The van der Waals surface area contributed by atoms with Crippen molar-refractivity contribution in [3.05, 3.63) is 144 Å². The van der Waals surface area contributed by atoms with Gasteiger partial charge in [-0.2, -0.15) is 0 Å². The number of thiazole rings is 1. The van der Waals surface area contributed by atoms with Crippen LogP contribution in [0.5, 0.6) is 23.0 Å². The zero-order chi connectivity index (χ0) is 29.6. The van der Waals surface area contributed by atoms with Gasteiger partial charge >= 0.3 is 0 Å². The van der Waals surface area contributed by atoms with Crippen LogP contribution in [0.25, 0.3) is 11.8 Å². The van der Waals surface area contributed by atoms with Gasteiger partial charge in [0.25, 0.3) is 5.56 Å². The highest BCUT2D eigenvalue weighted by molar-refractivity contribution is 7.07. The van der Waals surface area contributed by atoms with E-state index in [1.165, 1.54) is 22.5 Å². The summed E-state index contributed by atoms with van der Waals surface area (Å²) in [5, 5.41) is 0. The molecule has 8 heteroatoms. The third kappa shape index (κ3) is 4.59. The Morgan fingerprint density at radius 3 is 2.66 bits per heavy atom. The Hall–Kier alpha value is -5.08. The summed E-state index contributed by atoms with van der Waals surface area (Å²) in [7, 11) is 1.61. The molecule has 7 nitrogen and oxygen atoms in total. The van der Waals surface area contributed by atoms with E-state index in [-0.39, 0.29) is 18.4 Å². The summed E-state index contributed by atoms with van der Waals surface area (Å²) in [5.74, 6) is 2.65. The molecule has 1 aromatic heterocycles. The Bertz CT molecular complexity index is 2130. The Balaban J connectivity index is 1.16. The third-order valence-electron chi connectivity index (χ3n) is 8.31. The van der Waals surface area contributed by atoms with Crippen molar-refractivity contribution in [3.8, 4) is 23.0 Å². The van der Waals surface area contributed by atoms with Crippen molar-refractivity contribution in [2.75, 3.05) is 13.9 Å². The van der Waals surface area contributed by atoms with Gasteiger partial charge in [-0.3, -0.25) is 9.36 Å². The fourth-order valence-electron chi connectivity index (χ4n) is 6.19. The second-order valence-corrected chi connectivity index (χ2v) is 11.9. The number of methoxy groups -OCH3 is 1. The smallest absolute Gasteiger partial charge is 0.271 e. The van der Waals surface area contributed by atoms with E-state index in [0.29, 0.717) is 27.4 Å². The number of aryl methyl sites for hydroxylation is 1. The number of ether oxygens (including phenoxy) is 4. The molecule has 218 valence electrons. The van der Waals surface area contributed by atoms with Gasteiger partial charge < -0.3 is 18.9 Å². The van der Waals surface area contributed by atoms with E-state index in [4.69, 9.17) is 23.9 Å². The molecule has 8 rings (SSSR count). The maximum Gasteiger partial charge on any atom is 0.271 e. The highest BCUT2D eigenvalue weighted by Crippen LogP contribution is 2.41. The molecule has 0 fully saturated rings. The lowest BCUT2D eigenvalue weighted by Crippen LogP contribution is -2.38. The first-order chi connectivity index (χ1) is 21.7. The first-order valence-electron chi connectivity index (χ1n) is 14.5. The van der Waals surface area contributed by atoms with E-state index in [1.807, 2.05) is 65.2 Å². The first kappa shape index (κ1) is 26.5. The minimum absolute atomic E-state index is 0.0462. The van der Waals surface area contributed by atoms with Crippen molar-refractivity contribution in [1.82, 2.24) is 4.57 Å². The van der Waals surface area contributed by atoms with Gasteiger partial charge in [-0.15, -0.1) is 0 Å². The third-order valence-corrected chi connectivity index (χ3v) is 9.29. The molecule has 1 atom stereocenters. The predicted molar refractivity (Wildman–Crippen MR) is 169 cm³/mol. The molecular weight excluding hydrogens is 572 g/mol. The predicted octanol–water partition coefficient (Wildman–Crippen LogP) is 5.64. The zero-order valence-electron chi connectivity index (χ0n) is 24.0. The number of allylic oxidation sites excluding steroid dienone is 1. The summed E-state index contributed by atoms with van der Waals surface area (Å²) in [6, 6.07) is 30.0. The lowest BCUT2D eigenvalue weighted by Gasteiger charge is -2.30. The highest BCUT2D eigenvalue weighted by atomic mass is 32.1. The largest absolute Gasteiger partial charge is 0.493 e. The molecule has 0 unspecified atom stereocenters. The number of hydrogen-bond acceptors (Lipinski definition) is 7. The molecular formula is C36H28N2O5S. The Kier molecular flexibility index (Phi) is 6.56. The number of nitrogens with zero attached hydrogens (tertiary/aromatic N) is 2.